The van der Waals surface area contributed by atoms with Crippen LogP contribution >= 0.6 is 0 Å². The summed E-state index contributed by atoms with van der Waals surface area (Å²) in [6.07, 6.45) is 6.93. The van der Waals surface area contributed by atoms with Crippen LogP contribution in [0.25, 0.3) is 22.2 Å². The second kappa shape index (κ2) is 8.40. The van der Waals surface area contributed by atoms with Crippen molar-refractivity contribution in [3.8, 4) is 16.9 Å². The zero-order valence-electron chi connectivity index (χ0n) is 17.3. The van der Waals surface area contributed by atoms with Crippen LogP contribution in [0.2, 0.25) is 0 Å². The van der Waals surface area contributed by atoms with Crippen LogP contribution < -0.4 is 10.5 Å². The Kier molecular flexibility index (Phi) is 5.30. The van der Waals surface area contributed by atoms with Crippen LogP contribution in [0.4, 0.5) is 5.82 Å². The summed E-state index contributed by atoms with van der Waals surface area (Å²) in [6, 6.07) is 18.5. The summed E-state index contributed by atoms with van der Waals surface area (Å²) in [5, 5.41) is 10.8. The average Bonchev–Trinajstić information content (AvgIpc) is 3.20. The lowest BCUT2D eigenvalue weighted by Gasteiger charge is -2.27. The highest BCUT2D eigenvalue weighted by molar-refractivity contribution is 6.00. The van der Waals surface area contributed by atoms with E-state index in [9.17, 15) is 5.11 Å². The van der Waals surface area contributed by atoms with Crippen LogP contribution in [0.5, 0.6) is 5.75 Å². The van der Waals surface area contributed by atoms with Gasteiger partial charge in [0.25, 0.3) is 0 Å². The molecule has 0 unspecified atom stereocenters. The minimum atomic E-state index is -0.198. The molecule has 158 valence electrons. The maximum atomic E-state index is 9.91. The molecule has 2 aromatic heterocycles. The van der Waals surface area contributed by atoms with Gasteiger partial charge in [-0.05, 0) is 48.9 Å². The standard InChI is InChI=1S/C25H26N4O2/c26-24-23-22(14-29(25(23)28-16-27-24)19-9-11-20(30)12-10-19)18-7-4-8-21(13-18)31-15-17-5-2-1-3-6-17/h1-8,13-14,16,19-20,30H,9-12,15H2,(H2,26,27,28)/t19-,20-. The van der Waals surface area contributed by atoms with Crippen molar-refractivity contribution in [2.45, 2.75) is 44.4 Å². The Morgan fingerprint density at radius 1 is 1.00 bits per heavy atom. The predicted octanol–water partition coefficient (Wildman–Crippen LogP) is 4.74. The van der Waals surface area contributed by atoms with Crippen LogP contribution in [-0.2, 0) is 6.61 Å². The normalized spacial score (nSPS) is 18.9. The number of nitrogen functional groups attached to an aromatic ring is 1. The highest BCUT2D eigenvalue weighted by atomic mass is 16.5. The summed E-state index contributed by atoms with van der Waals surface area (Å²) in [7, 11) is 0. The van der Waals surface area contributed by atoms with Crippen LogP contribution in [0.15, 0.2) is 67.1 Å². The van der Waals surface area contributed by atoms with Gasteiger partial charge in [-0.25, -0.2) is 9.97 Å². The highest BCUT2D eigenvalue weighted by Gasteiger charge is 2.24. The van der Waals surface area contributed by atoms with E-state index >= 15 is 0 Å². The van der Waals surface area contributed by atoms with Gasteiger partial charge in [0.1, 0.15) is 30.1 Å². The van der Waals surface area contributed by atoms with Gasteiger partial charge in [-0.1, -0.05) is 42.5 Å². The third kappa shape index (κ3) is 3.99. The predicted molar refractivity (Wildman–Crippen MR) is 122 cm³/mol. The molecule has 2 aromatic carbocycles. The summed E-state index contributed by atoms with van der Waals surface area (Å²) in [4.78, 5) is 8.80. The van der Waals surface area contributed by atoms with Crippen LogP contribution in [0.3, 0.4) is 0 Å². The third-order valence-electron chi connectivity index (χ3n) is 6.09. The highest BCUT2D eigenvalue weighted by Crippen LogP contribution is 2.38. The van der Waals surface area contributed by atoms with Gasteiger partial charge in [0.05, 0.1) is 11.5 Å². The van der Waals surface area contributed by atoms with Gasteiger partial charge in [-0.15, -0.1) is 0 Å². The summed E-state index contributed by atoms with van der Waals surface area (Å²) in [5.41, 5.74) is 10.3. The third-order valence-corrected chi connectivity index (χ3v) is 6.09. The summed E-state index contributed by atoms with van der Waals surface area (Å²) < 4.78 is 8.25. The monoisotopic (exact) mass is 414 g/mol. The summed E-state index contributed by atoms with van der Waals surface area (Å²) in [5.74, 6) is 1.28. The van der Waals surface area contributed by atoms with Crippen molar-refractivity contribution in [3.05, 3.63) is 72.7 Å². The summed E-state index contributed by atoms with van der Waals surface area (Å²) >= 11 is 0. The fourth-order valence-electron chi connectivity index (χ4n) is 4.44. The SMILES string of the molecule is Nc1ncnc2c1c(-c1cccc(OCc3ccccc3)c1)cn2[C@H]1CC[C@H](O)CC1. The number of fused-ring (bicyclic) bond motifs is 1. The fourth-order valence-corrected chi connectivity index (χ4v) is 4.44. The van der Waals surface area contributed by atoms with E-state index in [1.807, 2.05) is 36.4 Å². The Labute approximate surface area is 181 Å². The zero-order chi connectivity index (χ0) is 21.2. The number of anilines is 1. The van der Waals surface area contributed by atoms with E-state index in [0.717, 1.165) is 59.2 Å². The molecule has 0 aliphatic heterocycles. The topological polar surface area (TPSA) is 86.2 Å². The van der Waals surface area contributed by atoms with E-state index in [2.05, 4.69) is 38.9 Å². The molecule has 4 aromatic rings. The Morgan fingerprint density at radius 3 is 2.61 bits per heavy atom. The van der Waals surface area contributed by atoms with Gasteiger partial charge in [0, 0.05) is 17.8 Å². The molecule has 5 rings (SSSR count). The van der Waals surface area contributed by atoms with Crippen molar-refractivity contribution in [2.75, 3.05) is 5.73 Å². The lowest BCUT2D eigenvalue weighted by molar-refractivity contribution is 0.111. The van der Waals surface area contributed by atoms with Crippen molar-refractivity contribution >= 4 is 16.9 Å². The van der Waals surface area contributed by atoms with Crippen LogP contribution in [-0.4, -0.2) is 25.7 Å². The molecule has 0 amide bonds. The van der Waals surface area contributed by atoms with E-state index in [0.29, 0.717) is 18.5 Å². The van der Waals surface area contributed by atoms with Gasteiger partial charge >= 0.3 is 0 Å². The number of ether oxygens (including phenoxy) is 1. The maximum absolute atomic E-state index is 9.91. The molecule has 1 aliphatic rings. The number of hydrogen-bond acceptors (Lipinski definition) is 5. The van der Waals surface area contributed by atoms with Gasteiger partial charge in [0.15, 0.2) is 0 Å². The number of nitrogens with zero attached hydrogens (tertiary/aromatic N) is 3. The molecule has 0 spiro atoms. The Hall–Kier alpha value is -3.38. The molecule has 6 nitrogen and oxygen atoms in total. The first-order valence-corrected chi connectivity index (χ1v) is 10.8. The van der Waals surface area contributed by atoms with Crippen LogP contribution in [0, 0.1) is 0 Å². The van der Waals surface area contributed by atoms with Crippen molar-refractivity contribution in [2.24, 2.45) is 0 Å². The first kappa shape index (κ1) is 19.6. The fraction of sp³-hybridized carbons (Fsp3) is 0.280. The minimum absolute atomic E-state index is 0.198. The van der Waals surface area contributed by atoms with Gasteiger partial charge in [-0.3, -0.25) is 0 Å². The largest absolute Gasteiger partial charge is 0.489 e. The molecule has 0 bridgehead atoms. The van der Waals surface area contributed by atoms with E-state index < -0.39 is 0 Å². The molecule has 0 atom stereocenters. The number of benzene rings is 2. The van der Waals surface area contributed by atoms with E-state index in [4.69, 9.17) is 10.5 Å². The number of nitrogens with two attached hydrogens (primary N) is 1. The first-order valence-electron chi connectivity index (χ1n) is 10.8. The van der Waals surface area contributed by atoms with Crippen molar-refractivity contribution in [1.29, 1.82) is 0 Å². The van der Waals surface area contributed by atoms with E-state index in [1.54, 1.807) is 0 Å². The minimum Gasteiger partial charge on any atom is -0.489 e. The number of hydrogen-bond donors (Lipinski definition) is 2. The maximum Gasteiger partial charge on any atom is 0.146 e. The first-order chi connectivity index (χ1) is 15.2. The second-order valence-electron chi connectivity index (χ2n) is 8.17. The molecule has 0 radical (unpaired) electrons. The number of aromatic nitrogens is 3. The molecule has 1 fully saturated rings. The number of rotatable bonds is 5. The molecule has 3 N–H and O–H groups in total. The average molecular weight is 415 g/mol. The van der Waals surface area contributed by atoms with Gasteiger partial charge in [0.2, 0.25) is 0 Å². The molecule has 2 heterocycles. The van der Waals surface area contributed by atoms with Crippen molar-refractivity contribution in [3.63, 3.8) is 0 Å². The molecule has 0 saturated heterocycles. The van der Waals surface area contributed by atoms with E-state index in [-0.39, 0.29) is 6.10 Å². The molecule has 1 saturated carbocycles. The molecule has 6 heteroatoms. The Bertz CT molecular complexity index is 1180. The Morgan fingerprint density at radius 2 is 1.81 bits per heavy atom. The number of aliphatic hydroxyl groups excluding tert-OH is 1. The summed E-state index contributed by atoms with van der Waals surface area (Å²) in [6.45, 7) is 0.516. The van der Waals surface area contributed by atoms with E-state index in [1.165, 1.54) is 6.33 Å². The molecular weight excluding hydrogens is 388 g/mol. The lowest BCUT2D eigenvalue weighted by Crippen LogP contribution is -2.20. The van der Waals surface area contributed by atoms with Gasteiger partial charge in [-0.2, -0.15) is 0 Å². The molecule has 31 heavy (non-hydrogen) atoms. The van der Waals surface area contributed by atoms with Crippen LogP contribution in [0.1, 0.15) is 37.3 Å². The number of aliphatic hydroxyl groups is 1. The molecule has 1 aliphatic carbocycles. The van der Waals surface area contributed by atoms with Gasteiger partial charge < -0.3 is 20.1 Å². The smallest absolute Gasteiger partial charge is 0.146 e. The zero-order valence-corrected chi connectivity index (χ0v) is 17.3. The second-order valence-corrected chi connectivity index (χ2v) is 8.17. The van der Waals surface area contributed by atoms with Crippen molar-refractivity contribution < 1.29 is 9.84 Å². The lowest BCUT2D eigenvalue weighted by atomic mass is 9.93. The quantitative estimate of drug-likeness (QED) is 0.493. The Balaban J connectivity index is 1.50. The van der Waals surface area contributed by atoms with Crippen molar-refractivity contribution in [1.82, 2.24) is 14.5 Å². The molecular formula is C25H26N4O2.